The number of aliphatic hydroxyl groups excluding tert-OH is 3. The van der Waals surface area contributed by atoms with Crippen LogP contribution in [-0.4, -0.2) is 170 Å². The topological polar surface area (TPSA) is 199 Å². The van der Waals surface area contributed by atoms with Crippen molar-refractivity contribution in [2.45, 2.75) is 185 Å². The van der Waals surface area contributed by atoms with Crippen molar-refractivity contribution < 1.29 is 49.3 Å². The molecule has 18 atom stereocenters. The number of carbonyl (C=O) groups is 1. The van der Waals surface area contributed by atoms with Gasteiger partial charge >= 0.3 is 5.97 Å². The number of hydrogen-bond donors (Lipinski definition) is 7. The van der Waals surface area contributed by atoms with Crippen molar-refractivity contribution >= 4 is 29.0 Å². The Balaban J connectivity index is 1.82. The normalized spacial score (nSPS) is 42.8. The molecule has 362 valence electrons. The molecule has 3 aliphatic heterocycles. The number of nitrogens with zero attached hydrogens (tertiary/aromatic N) is 3. The summed E-state index contributed by atoms with van der Waals surface area (Å²) in [6.45, 7) is 20.0. The number of aromatic nitrogens is 1. The third kappa shape index (κ3) is 13.1. The number of methoxy groups -OCH3 is 1. The Kier molecular flexibility index (Phi) is 19.2. The Morgan fingerprint density at radius 2 is 1.71 bits per heavy atom. The highest BCUT2D eigenvalue weighted by Gasteiger charge is 2.53. The summed E-state index contributed by atoms with van der Waals surface area (Å²) in [5.74, 6) is -2.52. The summed E-state index contributed by atoms with van der Waals surface area (Å²) in [5.41, 5.74) is -3.46. The minimum atomic E-state index is -1.81. The average Bonchev–Trinajstić information content (AvgIpc) is 3.22. The monoisotopic (exact) mass is 910 g/mol. The van der Waals surface area contributed by atoms with E-state index in [-0.39, 0.29) is 49.2 Å². The van der Waals surface area contributed by atoms with Gasteiger partial charge in [0.1, 0.15) is 23.9 Å². The van der Waals surface area contributed by atoms with Crippen LogP contribution in [0.4, 0.5) is 5.69 Å². The molecule has 16 heteroatoms. The van der Waals surface area contributed by atoms with Gasteiger partial charge in [0.15, 0.2) is 5.11 Å². The number of anilines is 1. The molecule has 63 heavy (non-hydrogen) atoms. The maximum Gasteiger partial charge on any atom is 0.309 e. The fraction of sp³-hybridized carbons (Fsp3) is 0.851. The van der Waals surface area contributed by atoms with Crippen LogP contribution in [0.5, 0.6) is 0 Å². The summed E-state index contributed by atoms with van der Waals surface area (Å²) in [5, 5.41) is 67.9. The predicted octanol–water partition coefficient (Wildman–Crippen LogP) is 3.98. The molecule has 4 heterocycles. The molecule has 1 aromatic rings. The molecule has 0 aliphatic carbocycles. The molecule has 0 amide bonds. The lowest BCUT2D eigenvalue weighted by Gasteiger charge is -2.51. The van der Waals surface area contributed by atoms with E-state index in [4.69, 9.17) is 31.2 Å². The van der Waals surface area contributed by atoms with Gasteiger partial charge in [-0.2, -0.15) is 0 Å². The van der Waals surface area contributed by atoms with Crippen molar-refractivity contribution in [1.29, 1.82) is 0 Å². The molecule has 4 rings (SSSR count). The second-order valence-electron chi connectivity index (χ2n) is 20.2. The number of aliphatic hydroxyl groups is 5. The standard InChI is InChI=1S/C47H83N5O10S/c1-14-39-46(10,57)41(54)32(7)52(19-18-49-44(63)50-34-16-15-17-48-25-34)26-27(2)22-47(58,24-38-40(53)37(51(11)12)20-28(3)60-38)36(30(5)29(4)31(6)43(56)62-39)21-35-23-45(9,59-13)42(55)33(8)61-35/h15-17,25,27-33,35-42,53-55,57-58H,14,18-24,26H2,1-13H3,(H2,49,50,63)/t27-,28+,29+,30+,31+,32+,33-,35+,36-,37-,38-,39-,40-,41+,42+,45?,46?,47?/m0/s1. The van der Waals surface area contributed by atoms with Crippen LogP contribution in [0, 0.1) is 29.6 Å². The first-order chi connectivity index (χ1) is 29.4. The van der Waals surface area contributed by atoms with E-state index in [1.807, 2.05) is 79.6 Å². The average molecular weight is 910 g/mol. The van der Waals surface area contributed by atoms with Gasteiger partial charge in [-0.05, 0) is 122 Å². The third-order valence-corrected chi connectivity index (χ3v) is 15.4. The number of pyridine rings is 1. The largest absolute Gasteiger partial charge is 0.459 e. The molecule has 15 nitrogen and oxygen atoms in total. The van der Waals surface area contributed by atoms with Crippen molar-refractivity contribution in [1.82, 2.24) is 20.1 Å². The van der Waals surface area contributed by atoms with E-state index >= 15 is 0 Å². The van der Waals surface area contributed by atoms with Gasteiger partial charge in [-0.15, -0.1) is 0 Å². The van der Waals surface area contributed by atoms with Crippen LogP contribution in [0.25, 0.3) is 0 Å². The fourth-order valence-electron chi connectivity index (χ4n) is 10.9. The Morgan fingerprint density at radius 1 is 1.03 bits per heavy atom. The molecular weight excluding hydrogens is 827 g/mol. The van der Waals surface area contributed by atoms with Crippen LogP contribution in [0.3, 0.4) is 0 Å². The van der Waals surface area contributed by atoms with Crippen LogP contribution in [-0.2, 0) is 23.7 Å². The van der Waals surface area contributed by atoms with Crippen LogP contribution in [0.15, 0.2) is 24.5 Å². The van der Waals surface area contributed by atoms with E-state index in [1.165, 1.54) is 6.92 Å². The van der Waals surface area contributed by atoms with E-state index in [2.05, 4.69) is 34.4 Å². The van der Waals surface area contributed by atoms with E-state index in [9.17, 15) is 30.3 Å². The van der Waals surface area contributed by atoms with Crippen LogP contribution in [0.1, 0.15) is 108 Å². The number of thiocarbonyl (C=S) groups is 1. The zero-order valence-electron chi connectivity index (χ0n) is 40.4. The molecule has 0 saturated carbocycles. The lowest BCUT2D eigenvalue weighted by Crippen LogP contribution is -2.60. The smallest absolute Gasteiger partial charge is 0.309 e. The number of rotatable bonds is 11. The van der Waals surface area contributed by atoms with Gasteiger partial charge in [-0.3, -0.25) is 14.7 Å². The Morgan fingerprint density at radius 3 is 2.32 bits per heavy atom. The molecule has 1 aromatic heterocycles. The summed E-state index contributed by atoms with van der Waals surface area (Å²) < 4.78 is 25.2. The first-order valence-electron chi connectivity index (χ1n) is 23.3. The summed E-state index contributed by atoms with van der Waals surface area (Å²) in [7, 11) is 5.48. The minimum Gasteiger partial charge on any atom is -0.459 e. The summed E-state index contributed by atoms with van der Waals surface area (Å²) in [6.07, 6.45) is -0.560. The lowest BCUT2D eigenvalue weighted by atomic mass is 9.63. The number of nitrogens with one attached hydrogen (secondary N) is 2. The highest BCUT2D eigenvalue weighted by molar-refractivity contribution is 7.80. The van der Waals surface area contributed by atoms with Gasteiger partial charge < -0.3 is 60.0 Å². The summed E-state index contributed by atoms with van der Waals surface area (Å²) in [6, 6.07) is 2.84. The zero-order valence-corrected chi connectivity index (χ0v) is 41.2. The van der Waals surface area contributed by atoms with Crippen molar-refractivity contribution in [2.24, 2.45) is 29.6 Å². The second kappa shape index (κ2) is 22.6. The molecule has 3 unspecified atom stereocenters. The van der Waals surface area contributed by atoms with Gasteiger partial charge in [0.2, 0.25) is 0 Å². The molecule has 3 aliphatic rings. The highest BCUT2D eigenvalue weighted by atomic mass is 32.1. The van der Waals surface area contributed by atoms with Crippen molar-refractivity contribution in [3.8, 4) is 0 Å². The number of ether oxygens (including phenoxy) is 4. The molecule has 0 radical (unpaired) electrons. The fourth-order valence-corrected chi connectivity index (χ4v) is 11.1. The first-order valence-corrected chi connectivity index (χ1v) is 23.7. The Hall–Kier alpha value is -2.09. The molecule has 0 bridgehead atoms. The number of esters is 1. The van der Waals surface area contributed by atoms with Gasteiger partial charge in [0.25, 0.3) is 0 Å². The van der Waals surface area contributed by atoms with E-state index in [0.29, 0.717) is 44.0 Å². The van der Waals surface area contributed by atoms with Gasteiger partial charge in [0, 0.05) is 57.9 Å². The third-order valence-electron chi connectivity index (χ3n) is 15.1. The molecular formula is C47H83N5O10S. The minimum absolute atomic E-state index is 0.112. The molecule has 3 fully saturated rings. The lowest BCUT2D eigenvalue weighted by molar-refractivity contribution is -0.226. The molecule has 3 saturated heterocycles. The molecule has 0 aromatic carbocycles. The maximum absolute atomic E-state index is 14.2. The van der Waals surface area contributed by atoms with Crippen molar-refractivity contribution in [3.05, 3.63) is 24.5 Å². The van der Waals surface area contributed by atoms with E-state index in [0.717, 1.165) is 5.69 Å². The Bertz CT molecular complexity index is 1600. The predicted molar refractivity (Wildman–Crippen MR) is 248 cm³/mol. The van der Waals surface area contributed by atoms with Crippen molar-refractivity contribution in [2.75, 3.05) is 46.2 Å². The van der Waals surface area contributed by atoms with E-state index in [1.54, 1.807) is 19.5 Å². The van der Waals surface area contributed by atoms with Gasteiger partial charge in [0.05, 0.1) is 59.5 Å². The Labute approximate surface area is 383 Å². The van der Waals surface area contributed by atoms with Gasteiger partial charge in [-0.1, -0.05) is 34.6 Å². The molecule has 7 N–H and O–H groups in total. The second-order valence-corrected chi connectivity index (χ2v) is 20.6. The highest BCUT2D eigenvalue weighted by Crippen LogP contribution is 2.47. The quantitative estimate of drug-likeness (QED) is 0.124. The van der Waals surface area contributed by atoms with Crippen LogP contribution >= 0.6 is 12.2 Å². The SMILES string of the molecule is CC[C@@H]1OC(=O)[C@H](C)[C@H](C)[C@@H](C)[C@H](C[C@@H]2CC(C)(OC)[C@H](O)[C@H](C)O2)C(O)(C[C@@H]2O[C@H](C)C[C@H](N(C)C)[C@@H]2O)C[C@H](C)CN(CCNC(=S)Nc2cccnc2)[C@H](C)[C@@H](O)C1(C)O. The number of likely N-dealkylation sites (N-methyl/N-ethyl adjacent to an activating group) is 1. The molecule has 0 spiro atoms. The van der Waals surface area contributed by atoms with Gasteiger partial charge in [-0.25, -0.2) is 0 Å². The van der Waals surface area contributed by atoms with Crippen molar-refractivity contribution in [3.63, 3.8) is 0 Å². The maximum atomic E-state index is 14.2. The summed E-state index contributed by atoms with van der Waals surface area (Å²) in [4.78, 5) is 22.5. The van der Waals surface area contributed by atoms with Crippen LogP contribution in [0.2, 0.25) is 0 Å². The van der Waals surface area contributed by atoms with Crippen LogP contribution < -0.4 is 10.6 Å². The number of hydrogen-bond acceptors (Lipinski definition) is 14. The van der Waals surface area contributed by atoms with E-state index < -0.39 is 83.4 Å². The number of cyclic esters (lactones) is 1. The first kappa shape index (κ1) is 53.5. The summed E-state index contributed by atoms with van der Waals surface area (Å²) >= 11 is 5.61. The number of carbonyl (C=O) groups excluding carboxylic acids is 1. The zero-order chi connectivity index (χ0) is 47.2.